The van der Waals surface area contributed by atoms with E-state index in [1.165, 1.54) is 12.8 Å². The molecule has 0 spiro atoms. The highest BCUT2D eigenvalue weighted by molar-refractivity contribution is 6.62. The zero-order valence-electron chi connectivity index (χ0n) is 19.9. The number of rotatable bonds is 5. The fraction of sp³-hybridized carbons (Fsp3) is 0.692. The van der Waals surface area contributed by atoms with Crippen molar-refractivity contribution < 1.29 is 18.8 Å². The van der Waals surface area contributed by atoms with Crippen molar-refractivity contribution in [3.8, 4) is 11.8 Å². The molecule has 1 aromatic carbocycles. The maximum absolute atomic E-state index is 6.14. The summed E-state index contributed by atoms with van der Waals surface area (Å²) < 4.78 is 23.8. The van der Waals surface area contributed by atoms with Crippen LogP contribution in [-0.2, 0) is 18.8 Å². The zero-order valence-corrected chi connectivity index (χ0v) is 19.9. The Morgan fingerprint density at radius 1 is 1.03 bits per heavy atom. The minimum Gasteiger partial charge on any atom is -0.399 e. The molecule has 172 valence electrons. The van der Waals surface area contributed by atoms with Crippen LogP contribution in [0.25, 0.3) is 0 Å². The second-order valence-corrected chi connectivity index (χ2v) is 10.8. The molecule has 0 amide bonds. The first-order chi connectivity index (χ1) is 15.3. The lowest BCUT2D eigenvalue weighted by Crippen LogP contribution is -2.41. The number of hydrogen-bond acceptors (Lipinski definition) is 5. The largest absolute Gasteiger partial charge is 0.494 e. The van der Waals surface area contributed by atoms with Crippen molar-refractivity contribution in [2.45, 2.75) is 64.4 Å². The van der Waals surface area contributed by atoms with Crippen LogP contribution >= 0.6 is 0 Å². The third-order valence-corrected chi connectivity index (χ3v) is 7.94. The van der Waals surface area contributed by atoms with Crippen LogP contribution in [0.15, 0.2) is 24.3 Å². The van der Waals surface area contributed by atoms with Crippen LogP contribution < -0.4 is 5.46 Å². The smallest absolute Gasteiger partial charge is 0.399 e. The number of ether oxygens (including phenoxy) is 2. The van der Waals surface area contributed by atoms with Crippen molar-refractivity contribution in [2.75, 3.05) is 32.8 Å². The molecule has 3 heterocycles. The molecule has 0 bridgehead atoms. The monoisotopic (exact) mass is 437 g/mol. The second-order valence-electron chi connectivity index (χ2n) is 10.8. The van der Waals surface area contributed by atoms with Crippen molar-refractivity contribution in [3.05, 3.63) is 29.8 Å². The molecule has 5 rings (SSSR count). The van der Waals surface area contributed by atoms with Gasteiger partial charge in [0.05, 0.1) is 17.8 Å². The van der Waals surface area contributed by atoms with Gasteiger partial charge in [0, 0.05) is 37.7 Å². The van der Waals surface area contributed by atoms with E-state index in [9.17, 15) is 0 Å². The van der Waals surface area contributed by atoms with Crippen LogP contribution in [0.3, 0.4) is 0 Å². The minimum atomic E-state index is -0.316. The zero-order chi connectivity index (χ0) is 22.3. The number of fused-ring (bicyclic) bond motifs is 1. The summed E-state index contributed by atoms with van der Waals surface area (Å²) in [7, 11) is -0.315. The Kier molecular flexibility index (Phi) is 6.15. The second kappa shape index (κ2) is 8.78. The summed E-state index contributed by atoms with van der Waals surface area (Å²) in [5, 5.41) is 0. The van der Waals surface area contributed by atoms with E-state index in [1.54, 1.807) is 0 Å². The summed E-state index contributed by atoms with van der Waals surface area (Å²) in [5.74, 6) is 8.94. The third kappa shape index (κ3) is 4.65. The molecule has 1 aliphatic carbocycles. The summed E-state index contributed by atoms with van der Waals surface area (Å²) in [6.07, 6.45) is 3.46. The molecule has 1 saturated carbocycles. The van der Waals surface area contributed by atoms with Gasteiger partial charge in [-0.3, -0.25) is 0 Å². The maximum Gasteiger partial charge on any atom is 0.494 e. The SMILES string of the molecule is CC1(C)OB(c2ccc(C#C[C@H]3[C@H]4CN(CCOC5CCCCO5)C[C@@H]34)cc2)OC1(C)C. The highest BCUT2D eigenvalue weighted by Gasteiger charge is 2.54. The molecule has 3 saturated heterocycles. The summed E-state index contributed by atoms with van der Waals surface area (Å²) in [6, 6.07) is 8.33. The van der Waals surface area contributed by atoms with Crippen molar-refractivity contribution in [1.82, 2.24) is 4.90 Å². The average molecular weight is 437 g/mol. The Balaban J connectivity index is 1.06. The summed E-state index contributed by atoms with van der Waals surface area (Å²) >= 11 is 0. The van der Waals surface area contributed by atoms with E-state index in [1.807, 2.05) is 0 Å². The predicted octanol–water partition coefficient (Wildman–Crippen LogP) is 3.06. The number of likely N-dealkylation sites (tertiary alicyclic amines) is 1. The summed E-state index contributed by atoms with van der Waals surface area (Å²) in [4.78, 5) is 2.52. The van der Waals surface area contributed by atoms with Crippen LogP contribution in [0.5, 0.6) is 0 Å². The van der Waals surface area contributed by atoms with Gasteiger partial charge in [-0.05, 0) is 76.4 Å². The van der Waals surface area contributed by atoms with E-state index < -0.39 is 0 Å². The molecule has 32 heavy (non-hydrogen) atoms. The Hall–Kier alpha value is -1.36. The average Bonchev–Trinajstić information content (AvgIpc) is 3.11. The van der Waals surface area contributed by atoms with Crippen LogP contribution in [-0.4, -0.2) is 62.4 Å². The standard InChI is InChI=1S/C26H36BNO4/c1-25(2)26(3,4)32-27(31-25)20-11-8-19(9-12-20)10-13-21-22-17-28(18-23(21)22)14-16-30-24-7-5-6-15-29-24/h8-9,11-12,21-24H,5-7,14-18H2,1-4H3/t21-,22+,23-,24?. The van der Waals surface area contributed by atoms with Crippen LogP contribution in [0.2, 0.25) is 0 Å². The van der Waals surface area contributed by atoms with Crippen LogP contribution in [0.4, 0.5) is 0 Å². The normalized spacial score (nSPS) is 32.9. The Morgan fingerprint density at radius 2 is 1.72 bits per heavy atom. The van der Waals surface area contributed by atoms with Gasteiger partial charge >= 0.3 is 7.12 Å². The highest BCUT2D eigenvalue weighted by Crippen LogP contribution is 2.51. The highest BCUT2D eigenvalue weighted by atomic mass is 16.7. The molecular weight excluding hydrogens is 401 g/mol. The minimum absolute atomic E-state index is 0.0238. The Labute approximate surface area is 193 Å². The van der Waals surface area contributed by atoms with Gasteiger partial charge in [-0.25, -0.2) is 0 Å². The first-order valence-corrected chi connectivity index (χ1v) is 12.3. The number of benzene rings is 1. The van der Waals surface area contributed by atoms with E-state index in [0.717, 1.165) is 62.1 Å². The van der Waals surface area contributed by atoms with E-state index >= 15 is 0 Å². The van der Waals surface area contributed by atoms with Gasteiger partial charge < -0.3 is 23.7 Å². The van der Waals surface area contributed by atoms with Gasteiger partial charge in [-0.15, -0.1) is 0 Å². The summed E-state index contributed by atoms with van der Waals surface area (Å²) in [5.41, 5.74) is 1.48. The van der Waals surface area contributed by atoms with Crippen LogP contribution in [0, 0.1) is 29.6 Å². The van der Waals surface area contributed by atoms with E-state index in [4.69, 9.17) is 18.8 Å². The first-order valence-electron chi connectivity index (χ1n) is 12.3. The topological polar surface area (TPSA) is 40.2 Å². The third-order valence-electron chi connectivity index (χ3n) is 7.94. The molecule has 3 aliphatic heterocycles. The first kappa shape index (κ1) is 22.4. The molecule has 4 aliphatic rings. The molecule has 6 heteroatoms. The molecule has 0 radical (unpaired) electrons. The predicted molar refractivity (Wildman–Crippen MR) is 125 cm³/mol. The molecule has 0 N–H and O–H groups in total. The van der Waals surface area contributed by atoms with Gasteiger partial charge in [0.25, 0.3) is 0 Å². The Morgan fingerprint density at radius 3 is 2.34 bits per heavy atom. The van der Waals surface area contributed by atoms with Crippen molar-refractivity contribution >= 4 is 12.6 Å². The molecule has 1 aromatic rings. The van der Waals surface area contributed by atoms with Gasteiger partial charge in [0.2, 0.25) is 0 Å². The number of hydrogen-bond donors (Lipinski definition) is 0. The molecule has 4 fully saturated rings. The van der Waals surface area contributed by atoms with Gasteiger partial charge in [0.1, 0.15) is 0 Å². The Bertz CT molecular complexity index is 840. The number of piperidine rings is 1. The molecule has 0 aromatic heterocycles. The lowest BCUT2D eigenvalue weighted by Gasteiger charge is -2.32. The molecule has 1 unspecified atom stereocenters. The fourth-order valence-electron chi connectivity index (χ4n) is 5.04. The molecule has 4 atom stereocenters. The van der Waals surface area contributed by atoms with E-state index in [0.29, 0.717) is 5.92 Å². The lowest BCUT2D eigenvalue weighted by atomic mass is 9.79. The van der Waals surface area contributed by atoms with Crippen LogP contribution in [0.1, 0.15) is 52.5 Å². The van der Waals surface area contributed by atoms with E-state index in [-0.39, 0.29) is 24.6 Å². The van der Waals surface area contributed by atoms with E-state index in [2.05, 4.69) is 68.7 Å². The lowest BCUT2D eigenvalue weighted by molar-refractivity contribution is -0.164. The van der Waals surface area contributed by atoms with Crippen molar-refractivity contribution in [3.63, 3.8) is 0 Å². The quantitative estimate of drug-likeness (QED) is 0.523. The molecular formula is C26H36BNO4. The van der Waals surface area contributed by atoms with Crippen molar-refractivity contribution in [1.29, 1.82) is 0 Å². The summed E-state index contributed by atoms with van der Waals surface area (Å²) in [6.45, 7) is 13.3. The van der Waals surface area contributed by atoms with Crippen molar-refractivity contribution in [2.24, 2.45) is 17.8 Å². The fourth-order valence-corrected chi connectivity index (χ4v) is 5.04. The number of nitrogens with zero attached hydrogens (tertiary/aromatic N) is 1. The van der Waals surface area contributed by atoms with Gasteiger partial charge in [0.15, 0.2) is 6.29 Å². The van der Waals surface area contributed by atoms with Gasteiger partial charge in [-0.2, -0.15) is 0 Å². The molecule has 5 nitrogen and oxygen atoms in total. The maximum atomic E-state index is 6.14. The van der Waals surface area contributed by atoms with Gasteiger partial charge in [-0.1, -0.05) is 24.0 Å².